The summed E-state index contributed by atoms with van der Waals surface area (Å²) in [5, 5.41) is 3.55. The van der Waals surface area contributed by atoms with E-state index in [2.05, 4.69) is 36.4 Å². The lowest BCUT2D eigenvalue weighted by molar-refractivity contribution is 0.316. The average Bonchev–Trinajstić information content (AvgIpc) is 2.47. The zero-order chi connectivity index (χ0) is 13.5. The fraction of sp³-hybridized carbons (Fsp3) is 0.706. The summed E-state index contributed by atoms with van der Waals surface area (Å²) in [6.45, 7) is 6.94. The van der Waals surface area contributed by atoms with E-state index in [1.165, 1.54) is 62.7 Å². The van der Waals surface area contributed by atoms with E-state index in [-0.39, 0.29) is 0 Å². The van der Waals surface area contributed by atoms with Gasteiger partial charge >= 0.3 is 0 Å². The molecule has 1 N–H and O–H groups in total. The molecule has 19 heavy (non-hydrogen) atoms. The number of pyridine rings is 1. The Morgan fingerprint density at radius 1 is 1.37 bits per heavy atom. The van der Waals surface area contributed by atoms with Crippen molar-refractivity contribution < 1.29 is 0 Å². The largest absolute Gasteiger partial charge is 0.316 e. The van der Waals surface area contributed by atoms with Crippen LogP contribution in [0.5, 0.6) is 0 Å². The van der Waals surface area contributed by atoms with Crippen molar-refractivity contribution in [2.24, 2.45) is 5.92 Å². The van der Waals surface area contributed by atoms with Crippen molar-refractivity contribution in [3.05, 3.63) is 29.6 Å². The summed E-state index contributed by atoms with van der Waals surface area (Å²) in [6, 6.07) is 2.41. The summed E-state index contributed by atoms with van der Waals surface area (Å²) >= 11 is 0. The van der Waals surface area contributed by atoms with Crippen LogP contribution in [0.4, 0.5) is 0 Å². The van der Waals surface area contributed by atoms with Crippen molar-refractivity contribution >= 4 is 0 Å². The number of hydrogen-bond donors (Lipinski definition) is 1. The summed E-state index contributed by atoms with van der Waals surface area (Å²) in [7, 11) is 0. The van der Waals surface area contributed by atoms with Crippen molar-refractivity contribution in [1.29, 1.82) is 0 Å². The molecule has 2 atom stereocenters. The Hall–Kier alpha value is -0.890. The topological polar surface area (TPSA) is 24.9 Å². The van der Waals surface area contributed by atoms with Crippen molar-refractivity contribution in [1.82, 2.24) is 10.3 Å². The van der Waals surface area contributed by atoms with Gasteiger partial charge in [0.2, 0.25) is 0 Å². The van der Waals surface area contributed by atoms with E-state index < -0.39 is 0 Å². The molecule has 0 aromatic carbocycles. The van der Waals surface area contributed by atoms with Gasteiger partial charge in [-0.15, -0.1) is 0 Å². The second-order valence-corrected chi connectivity index (χ2v) is 5.85. The summed E-state index contributed by atoms with van der Waals surface area (Å²) in [5.74, 6) is 1.48. The maximum atomic E-state index is 4.48. The van der Waals surface area contributed by atoms with Crippen LogP contribution in [0.15, 0.2) is 18.5 Å². The maximum absolute atomic E-state index is 4.48. The lowest BCUT2D eigenvalue weighted by Crippen LogP contribution is -2.33. The maximum Gasteiger partial charge on any atom is 0.0303 e. The quantitative estimate of drug-likeness (QED) is 0.838. The van der Waals surface area contributed by atoms with Gasteiger partial charge in [-0.05, 0) is 68.2 Å². The number of aryl methyl sites for hydroxylation is 1. The molecule has 1 aromatic rings. The van der Waals surface area contributed by atoms with Crippen molar-refractivity contribution in [2.45, 2.75) is 58.3 Å². The molecule has 2 heteroatoms. The van der Waals surface area contributed by atoms with E-state index in [1.807, 2.05) is 6.20 Å². The first-order valence-corrected chi connectivity index (χ1v) is 7.99. The van der Waals surface area contributed by atoms with Crippen LogP contribution >= 0.6 is 0 Å². The molecule has 1 saturated heterocycles. The van der Waals surface area contributed by atoms with Crippen molar-refractivity contribution in [3.8, 4) is 0 Å². The van der Waals surface area contributed by atoms with E-state index in [1.54, 1.807) is 0 Å². The van der Waals surface area contributed by atoms with Crippen LogP contribution in [0.3, 0.4) is 0 Å². The van der Waals surface area contributed by atoms with Crippen LogP contribution in [0.1, 0.15) is 63.0 Å². The van der Waals surface area contributed by atoms with Crippen LogP contribution in [0, 0.1) is 5.92 Å². The van der Waals surface area contributed by atoms with Crippen LogP contribution in [-0.4, -0.2) is 18.1 Å². The van der Waals surface area contributed by atoms with Gasteiger partial charge in [-0.1, -0.05) is 26.3 Å². The molecular formula is C17H28N2. The second-order valence-electron chi connectivity index (χ2n) is 5.85. The number of nitrogens with one attached hydrogen (secondary N) is 1. The molecular weight excluding hydrogens is 232 g/mol. The third-order valence-electron chi connectivity index (χ3n) is 4.41. The van der Waals surface area contributed by atoms with Gasteiger partial charge in [0.25, 0.3) is 0 Å². The minimum atomic E-state index is 0.682. The Morgan fingerprint density at radius 2 is 2.26 bits per heavy atom. The lowest BCUT2D eigenvalue weighted by atomic mass is 9.80. The Morgan fingerprint density at radius 3 is 2.95 bits per heavy atom. The van der Waals surface area contributed by atoms with Crippen LogP contribution in [-0.2, 0) is 6.42 Å². The van der Waals surface area contributed by atoms with Gasteiger partial charge in [0.05, 0.1) is 0 Å². The molecule has 2 rings (SSSR count). The predicted octanol–water partition coefficient (Wildman–Crippen LogP) is 3.92. The molecule has 0 amide bonds. The standard InChI is InChI=1S/C17H28N2/c1-3-5-7-14-10-16(13-19-11-14)17(4-2)15-8-6-9-18-12-15/h10-11,13,15,17-18H,3-9,12H2,1-2H3. The highest BCUT2D eigenvalue weighted by Crippen LogP contribution is 2.32. The van der Waals surface area contributed by atoms with E-state index in [0.717, 1.165) is 5.92 Å². The number of piperidine rings is 1. The van der Waals surface area contributed by atoms with E-state index in [0.29, 0.717) is 5.92 Å². The van der Waals surface area contributed by atoms with Crippen LogP contribution in [0.2, 0.25) is 0 Å². The third kappa shape index (κ3) is 4.04. The summed E-state index contributed by atoms with van der Waals surface area (Å²) < 4.78 is 0. The van der Waals surface area contributed by atoms with E-state index >= 15 is 0 Å². The molecule has 1 fully saturated rings. The molecule has 1 aliphatic heterocycles. The molecule has 1 aliphatic rings. The molecule has 1 aromatic heterocycles. The van der Waals surface area contributed by atoms with Gasteiger partial charge in [0.15, 0.2) is 0 Å². The molecule has 2 unspecified atom stereocenters. The molecule has 0 bridgehead atoms. The highest BCUT2D eigenvalue weighted by Gasteiger charge is 2.23. The average molecular weight is 260 g/mol. The zero-order valence-corrected chi connectivity index (χ0v) is 12.5. The second kappa shape index (κ2) is 7.64. The molecule has 106 valence electrons. The van der Waals surface area contributed by atoms with Crippen LogP contribution in [0.25, 0.3) is 0 Å². The number of nitrogens with zero attached hydrogens (tertiary/aromatic N) is 1. The van der Waals surface area contributed by atoms with Gasteiger partial charge < -0.3 is 5.32 Å². The van der Waals surface area contributed by atoms with Gasteiger partial charge in [-0.2, -0.15) is 0 Å². The predicted molar refractivity (Wildman–Crippen MR) is 81.5 cm³/mol. The Labute approximate surface area is 118 Å². The molecule has 0 spiro atoms. The van der Waals surface area contributed by atoms with Crippen LogP contribution < -0.4 is 5.32 Å². The molecule has 0 radical (unpaired) electrons. The first kappa shape index (κ1) is 14.5. The smallest absolute Gasteiger partial charge is 0.0303 e. The fourth-order valence-electron chi connectivity index (χ4n) is 3.29. The fourth-order valence-corrected chi connectivity index (χ4v) is 3.29. The first-order valence-electron chi connectivity index (χ1n) is 7.99. The molecule has 2 nitrogen and oxygen atoms in total. The highest BCUT2D eigenvalue weighted by atomic mass is 14.9. The lowest BCUT2D eigenvalue weighted by Gasteiger charge is -2.30. The van der Waals surface area contributed by atoms with Gasteiger partial charge in [0.1, 0.15) is 0 Å². The summed E-state index contributed by atoms with van der Waals surface area (Å²) in [6.07, 6.45) is 11.8. The van der Waals surface area contributed by atoms with Gasteiger partial charge in [-0.25, -0.2) is 0 Å². The minimum absolute atomic E-state index is 0.682. The Bertz CT molecular complexity index is 369. The normalized spacial score (nSPS) is 21.3. The van der Waals surface area contributed by atoms with Gasteiger partial charge in [-0.3, -0.25) is 4.98 Å². The first-order chi connectivity index (χ1) is 9.35. The number of unbranched alkanes of at least 4 members (excludes halogenated alkanes) is 1. The monoisotopic (exact) mass is 260 g/mol. The number of aromatic nitrogens is 1. The minimum Gasteiger partial charge on any atom is -0.316 e. The molecule has 2 heterocycles. The zero-order valence-electron chi connectivity index (χ0n) is 12.5. The Balaban J connectivity index is 2.08. The van der Waals surface area contributed by atoms with Gasteiger partial charge in [0, 0.05) is 12.4 Å². The summed E-state index contributed by atoms with van der Waals surface area (Å²) in [4.78, 5) is 4.48. The van der Waals surface area contributed by atoms with Crippen molar-refractivity contribution in [2.75, 3.05) is 13.1 Å². The SMILES string of the molecule is CCCCc1cncc(C(CC)C2CCCNC2)c1. The van der Waals surface area contributed by atoms with E-state index in [4.69, 9.17) is 0 Å². The van der Waals surface area contributed by atoms with Crippen molar-refractivity contribution in [3.63, 3.8) is 0 Å². The number of hydrogen-bond acceptors (Lipinski definition) is 2. The third-order valence-corrected chi connectivity index (χ3v) is 4.41. The molecule has 0 aliphatic carbocycles. The molecule has 0 saturated carbocycles. The number of rotatable bonds is 6. The summed E-state index contributed by atoms with van der Waals surface area (Å²) in [5.41, 5.74) is 2.88. The van der Waals surface area contributed by atoms with E-state index in [9.17, 15) is 0 Å². The Kier molecular flexibility index (Phi) is 5.84. The highest BCUT2D eigenvalue weighted by molar-refractivity contribution is 5.23.